The van der Waals surface area contributed by atoms with Crippen LogP contribution in [0.25, 0.3) is 0 Å². The summed E-state index contributed by atoms with van der Waals surface area (Å²) in [6, 6.07) is 6.01. The van der Waals surface area contributed by atoms with Gasteiger partial charge in [0.2, 0.25) is 0 Å². The third-order valence-corrected chi connectivity index (χ3v) is 4.30. The minimum atomic E-state index is -0.614. The van der Waals surface area contributed by atoms with E-state index in [1.54, 1.807) is 45.0 Å². The molecule has 0 aromatic heterocycles. The Labute approximate surface area is 146 Å². The number of piperidine rings is 1. The van der Waals surface area contributed by atoms with Gasteiger partial charge in [0.15, 0.2) is 0 Å². The maximum Gasteiger partial charge on any atom is 0.407 e. The van der Waals surface area contributed by atoms with Crippen LogP contribution in [0.3, 0.4) is 0 Å². The van der Waals surface area contributed by atoms with Crippen LogP contribution in [-0.2, 0) is 4.74 Å². The number of hydrogen-bond donors (Lipinski definition) is 2. The van der Waals surface area contributed by atoms with Gasteiger partial charge in [-0.3, -0.25) is 14.5 Å². The summed E-state index contributed by atoms with van der Waals surface area (Å²) in [6.07, 6.45) is 0.0224. The quantitative estimate of drug-likeness (QED) is 0.794. The average Bonchev–Trinajstić information content (AvgIpc) is 2.78. The molecule has 134 valence electrons. The zero-order chi connectivity index (χ0) is 18.2. The van der Waals surface area contributed by atoms with E-state index < -0.39 is 23.8 Å². The highest BCUT2D eigenvalue weighted by atomic mass is 16.6. The Balaban J connectivity index is 1.79. The van der Waals surface area contributed by atoms with Crippen LogP contribution in [0.15, 0.2) is 24.3 Å². The number of carbonyl (C=O) groups is 3. The van der Waals surface area contributed by atoms with Crippen LogP contribution < -0.4 is 10.6 Å². The minimum Gasteiger partial charge on any atom is -0.444 e. The molecule has 7 heteroatoms. The van der Waals surface area contributed by atoms with Crippen molar-refractivity contribution in [3.05, 3.63) is 35.4 Å². The molecule has 0 bridgehead atoms. The van der Waals surface area contributed by atoms with Gasteiger partial charge in [0.25, 0.3) is 11.8 Å². The van der Waals surface area contributed by atoms with E-state index in [2.05, 4.69) is 10.6 Å². The minimum absolute atomic E-state index is 0.302. The fourth-order valence-corrected chi connectivity index (χ4v) is 3.27. The molecule has 0 spiro atoms. The lowest BCUT2D eigenvalue weighted by molar-refractivity contribution is 0.0383. The fraction of sp³-hybridized carbons (Fsp3) is 0.500. The number of imide groups is 1. The van der Waals surface area contributed by atoms with Crippen LogP contribution in [-0.4, -0.2) is 53.6 Å². The Morgan fingerprint density at radius 2 is 1.80 bits per heavy atom. The average molecular weight is 345 g/mol. The number of amides is 3. The first-order chi connectivity index (χ1) is 11.8. The molecule has 0 saturated carbocycles. The molecular weight excluding hydrogens is 322 g/mol. The van der Waals surface area contributed by atoms with Crippen LogP contribution in [0.2, 0.25) is 0 Å². The van der Waals surface area contributed by atoms with Gasteiger partial charge in [-0.2, -0.15) is 0 Å². The van der Waals surface area contributed by atoms with E-state index in [-0.39, 0.29) is 11.8 Å². The van der Waals surface area contributed by atoms with E-state index in [0.29, 0.717) is 30.6 Å². The molecule has 1 aromatic carbocycles. The zero-order valence-electron chi connectivity index (χ0n) is 14.7. The van der Waals surface area contributed by atoms with Gasteiger partial charge in [0, 0.05) is 6.54 Å². The highest BCUT2D eigenvalue weighted by molar-refractivity contribution is 6.21. The Morgan fingerprint density at radius 3 is 2.36 bits per heavy atom. The summed E-state index contributed by atoms with van der Waals surface area (Å²) >= 11 is 0. The SMILES string of the molecule is CC(C)(C)OC(=O)N[C@H]1CNCC[C@H]1N1C(=O)c2ccccc2C1=O. The summed E-state index contributed by atoms with van der Waals surface area (Å²) in [7, 11) is 0. The molecule has 2 aliphatic heterocycles. The normalized spacial score (nSPS) is 23.4. The number of nitrogens with zero attached hydrogens (tertiary/aromatic N) is 1. The van der Waals surface area contributed by atoms with Gasteiger partial charge in [0.05, 0.1) is 23.2 Å². The highest BCUT2D eigenvalue weighted by Gasteiger charge is 2.44. The lowest BCUT2D eigenvalue weighted by atomic mass is 9.99. The van der Waals surface area contributed by atoms with E-state index in [4.69, 9.17) is 4.74 Å². The van der Waals surface area contributed by atoms with Crippen molar-refractivity contribution < 1.29 is 19.1 Å². The smallest absolute Gasteiger partial charge is 0.407 e. The number of rotatable bonds is 2. The number of hydrogen-bond acceptors (Lipinski definition) is 5. The van der Waals surface area contributed by atoms with Crippen molar-refractivity contribution in [3.63, 3.8) is 0 Å². The molecule has 3 amide bonds. The van der Waals surface area contributed by atoms with Gasteiger partial charge in [-0.25, -0.2) is 4.79 Å². The summed E-state index contributed by atoms with van der Waals surface area (Å²) in [6.45, 7) is 6.50. The molecule has 1 aromatic rings. The highest BCUT2D eigenvalue weighted by Crippen LogP contribution is 2.27. The van der Waals surface area contributed by atoms with Gasteiger partial charge in [-0.1, -0.05) is 12.1 Å². The molecule has 2 atom stereocenters. The number of alkyl carbamates (subject to hydrolysis) is 1. The van der Waals surface area contributed by atoms with Crippen molar-refractivity contribution in [2.24, 2.45) is 0 Å². The Morgan fingerprint density at radius 1 is 1.20 bits per heavy atom. The van der Waals surface area contributed by atoms with Crippen molar-refractivity contribution in [1.82, 2.24) is 15.5 Å². The second-order valence-electron chi connectivity index (χ2n) is 7.34. The Kier molecular flexibility index (Phi) is 4.51. The van der Waals surface area contributed by atoms with Gasteiger partial charge in [-0.15, -0.1) is 0 Å². The van der Waals surface area contributed by atoms with Gasteiger partial charge < -0.3 is 15.4 Å². The van der Waals surface area contributed by atoms with Crippen LogP contribution in [0.4, 0.5) is 4.79 Å². The lowest BCUT2D eigenvalue weighted by Gasteiger charge is -2.37. The summed E-state index contributed by atoms with van der Waals surface area (Å²) in [5.41, 5.74) is 0.223. The summed E-state index contributed by atoms with van der Waals surface area (Å²) < 4.78 is 5.30. The topological polar surface area (TPSA) is 87.7 Å². The molecule has 2 aliphatic rings. The van der Waals surface area contributed by atoms with Crippen LogP contribution in [0.5, 0.6) is 0 Å². The molecule has 1 saturated heterocycles. The van der Waals surface area contributed by atoms with E-state index in [0.717, 1.165) is 0 Å². The molecule has 2 heterocycles. The zero-order valence-corrected chi connectivity index (χ0v) is 14.7. The summed E-state index contributed by atoms with van der Waals surface area (Å²) in [5, 5.41) is 5.99. The van der Waals surface area contributed by atoms with Gasteiger partial charge in [0.1, 0.15) is 5.60 Å². The first-order valence-electron chi connectivity index (χ1n) is 8.45. The predicted molar refractivity (Wildman–Crippen MR) is 91.4 cm³/mol. The van der Waals surface area contributed by atoms with Crippen molar-refractivity contribution >= 4 is 17.9 Å². The maximum absolute atomic E-state index is 12.7. The first-order valence-corrected chi connectivity index (χ1v) is 8.45. The third-order valence-electron chi connectivity index (χ3n) is 4.30. The molecule has 0 unspecified atom stereocenters. The van der Waals surface area contributed by atoms with Gasteiger partial charge >= 0.3 is 6.09 Å². The second kappa shape index (κ2) is 6.48. The number of ether oxygens (including phenoxy) is 1. The monoisotopic (exact) mass is 345 g/mol. The van der Waals surface area contributed by atoms with Crippen molar-refractivity contribution in [2.75, 3.05) is 13.1 Å². The van der Waals surface area contributed by atoms with Crippen molar-refractivity contribution in [3.8, 4) is 0 Å². The summed E-state index contributed by atoms with van der Waals surface area (Å²) in [4.78, 5) is 38.8. The largest absolute Gasteiger partial charge is 0.444 e. The second-order valence-corrected chi connectivity index (χ2v) is 7.34. The van der Waals surface area contributed by atoms with Crippen molar-refractivity contribution in [2.45, 2.75) is 44.9 Å². The fourth-order valence-electron chi connectivity index (χ4n) is 3.27. The molecule has 25 heavy (non-hydrogen) atoms. The number of benzene rings is 1. The Bertz CT molecular complexity index is 676. The van der Waals surface area contributed by atoms with Crippen molar-refractivity contribution in [1.29, 1.82) is 0 Å². The molecule has 1 fully saturated rings. The molecule has 0 radical (unpaired) electrons. The molecule has 3 rings (SSSR count). The van der Waals surface area contributed by atoms with E-state index in [1.165, 1.54) is 4.90 Å². The molecule has 7 nitrogen and oxygen atoms in total. The van der Waals surface area contributed by atoms with Crippen LogP contribution >= 0.6 is 0 Å². The number of fused-ring (bicyclic) bond motifs is 1. The molecular formula is C18H23N3O4. The van der Waals surface area contributed by atoms with E-state index in [9.17, 15) is 14.4 Å². The lowest BCUT2D eigenvalue weighted by Crippen LogP contribution is -2.61. The number of nitrogens with one attached hydrogen (secondary N) is 2. The predicted octanol–water partition coefficient (Wildman–Crippen LogP) is 1.54. The third kappa shape index (κ3) is 3.51. The molecule has 0 aliphatic carbocycles. The Hall–Kier alpha value is -2.41. The molecule has 2 N–H and O–H groups in total. The van der Waals surface area contributed by atoms with Gasteiger partial charge in [-0.05, 0) is 45.9 Å². The van der Waals surface area contributed by atoms with E-state index in [1.807, 2.05) is 0 Å². The van der Waals surface area contributed by atoms with Crippen LogP contribution in [0, 0.1) is 0 Å². The van der Waals surface area contributed by atoms with Crippen LogP contribution in [0.1, 0.15) is 47.9 Å². The maximum atomic E-state index is 12.7. The standard InChI is InChI=1S/C18H23N3O4/c1-18(2,3)25-17(24)20-13-10-19-9-8-14(13)21-15(22)11-6-4-5-7-12(11)16(21)23/h4-7,13-14,19H,8-10H2,1-3H3,(H,20,24)/t13-,14+/m0/s1. The summed E-state index contributed by atoms with van der Waals surface area (Å²) in [5.74, 6) is -0.605. The first kappa shape index (κ1) is 17.4. The number of carbonyl (C=O) groups excluding carboxylic acids is 3. The van der Waals surface area contributed by atoms with E-state index >= 15 is 0 Å².